The zero-order chi connectivity index (χ0) is 15.1. The molecule has 0 aromatic heterocycles. The fourth-order valence-corrected chi connectivity index (χ4v) is 2.36. The van der Waals surface area contributed by atoms with Gasteiger partial charge in [-0.2, -0.15) is 0 Å². The van der Waals surface area contributed by atoms with Crippen molar-refractivity contribution >= 4 is 5.84 Å². The lowest BCUT2D eigenvalue weighted by Gasteiger charge is -2.25. The minimum absolute atomic E-state index is 0.00218. The van der Waals surface area contributed by atoms with E-state index in [1.807, 2.05) is 43.3 Å². The van der Waals surface area contributed by atoms with Gasteiger partial charge in [-0.3, -0.25) is 5.32 Å². The SMILES string of the molecule is CCC(NC(c1ccccc1)c1ccccc1)C(N)=NO. The van der Waals surface area contributed by atoms with E-state index >= 15 is 0 Å². The van der Waals surface area contributed by atoms with Gasteiger partial charge in [-0.1, -0.05) is 72.7 Å². The molecular formula is C17H21N3O. The Morgan fingerprint density at radius 1 is 1.05 bits per heavy atom. The maximum Gasteiger partial charge on any atom is 0.156 e. The van der Waals surface area contributed by atoms with Gasteiger partial charge in [0.2, 0.25) is 0 Å². The lowest BCUT2D eigenvalue weighted by atomic mass is 9.97. The molecule has 0 aliphatic carbocycles. The number of rotatable bonds is 6. The van der Waals surface area contributed by atoms with E-state index in [1.54, 1.807) is 0 Å². The molecule has 2 aromatic rings. The molecule has 4 nitrogen and oxygen atoms in total. The van der Waals surface area contributed by atoms with Gasteiger partial charge < -0.3 is 10.9 Å². The number of benzene rings is 2. The van der Waals surface area contributed by atoms with Crippen molar-refractivity contribution in [1.29, 1.82) is 0 Å². The molecule has 0 aliphatic heterocycles. The van der Waals surface area contributed by atoms with Crippen LogP contribution in [0.5, 0.6) is 0 Å². The van der Waals surface area contributed by atoms with Gasteiger partial charge in [-0.15, -0.1) is 0 Å². The molecule has 2 aromatic carbocycles. The number of oxime groups is 1. The molecule has 0 fully saturated rings. The highest BCUT2D eigenvalue weighted by Gasteiger charge is 2.20. The molecule has 1 unspecified atom stereocenters. The van der Waals surface area contributed by atoms with Crippen molar-refractivity contribution in [3.05, 3.63) is 71.8 Å². The van der Waals surface area contributed by atoms with Crippen molar-refractivity contribution in [1.82, 2.24) is 5.32 Å². The second kappa shape index (κ2) is 7.45. The molecule has 110 valence electrons. The lowest BCUT2D eigenvalue weighted by Crippen LogP contribution is -2.43. The van der Waals surface area contributed by atoms with Crippen LogP contribution in [0.2, 0.25) is 0 Å². The Kier molecular flexibility index (Phi) is 5.35. The summed E-state index contributed by atoms with van der Waals surface area (Å²) in [6.45, 7) is 2.00. The summed E-state index contributed by atoms with van der Waals surface area (Å²) in [4.78, 5) is 0. The second-order valence-corrected chi connectivity index (χ2v) is 4.91. The number of hydrogen-bond donors (Lipinski definition) is 3. The first-order valence-corrected chi connectivity index (χ1v) is 7.09. The van der Waals surface area contributed by atoms with Crippen molar-refractivity contribution in [2.24, 2.45) is 10.9 Å². The largest absolute Gasteiger partial charge is 0.409 e. The van der Waals surface area contributed by atoms with Crippen molar-refractivity contribution < 1.29 is 5.21 Å². The van der Waals surface area contributed by atoms with Gasteiger partial charge in [0.05, 0.1) is 12.1 Å². The second-order valence-electron chi connectivity index (χ2n) is 4.91. The van der Waals surface area contributed by atoms with E-state index in [2.05, 4.69) is 34.7 Å². The molecule has 0 amide bonds. The summed E-state index contributed by atoms with van der Waals surface area (Å²) in [5.74, 6) is 0.203. The molecular weight excluding hydrogens is 262 g/mol. The van der Waals surface area contributed by atoms with Crippen LogP contribution in [-0.2, 0) is 0 Å². The average Bonchev–Trinajstić information content (AvgIpc) is 2.57. The standard InChI is InChI=1S/C17H21N3O/c1-2-15(17(18)20-21)19-16(13-9-5-3-6-10-13)14-11-7-4-8-12-14/h3-12,15-16,19,21H,2H2,1H3,(H2,18,20). The quantitative estimate of drug-likeness (QED) is 0.330. The van der Waals surface area contributed by atoms with Gasteiger partial charge in [0.15, 0.2) is 5.84 Å². The average molecular weight is 283 g/mol. The molecule has 21 heavy (non-hydrogen) atoms. The lowest BCUT2D eigenvalue weighted by molar-refractivity contribution is 0.313. The Morgan fingerprint density at radius 2 is 1.52 bits per heavy atom. The van der Waals surface area contributed by atoms with Crippen LogP contribution >= 0.6 is 0 Å². The maximum atomic E-state index is 8.91. The van der Waals surface area contributed by atoms with Gasteiger partial charge in [0, 0.05) is 0 Å². The topological polar surface area (TPSA) is 70.6 Å². The summed E-state index contributed by atoms with van der Waals surface area (Å²) < 4.78 is 0. The highest BCUT2D eigenvalue weighted by molar-refractivity contribution is 5.85. The van der Waals surface area contributed by atoms with Crippen LogP contribution < -0.4 is 11.1 Å². The molecule has 0 saturated heterocycles. The monoisotopic (exact) mass is 283 g/mol. The third kappa shape index (κ3) is 3.83. The van der Waals surface area contributed by atoms with E-state index in [0.717, 1.165) is 17.5 Å². The van der Waals surface area contributed by atoms with Crippen LogP contribution in [0, 0.1) is 0 Å². The zero-order valence-electron chi connectivity index (χ0n) is 12.1. The van der Waals surface area contributed by atoms with Crippen molar-refractivity contribution in [3.63, 3.8) is 0 Å². The van der Waals surface area contributed by atoms with Crippen LogP contribution in [0.4, 0.5) is 0 Å². The summed E-state index contributed by atoms with van der Waals surface area (Å²) in [5, 5.41) is 15.5. The zero-order valence-corrected chi connectivity index (χ0v) is 12.1. The smallest absolute Gasteiger partial charge is 0.156 e. The highest BCUT2D eigenvalue weighted by Crippen LogP contribution is 2.22. The molecule has 1 atom stereocenters. The predicted molar refractivity (Wildman–Crippen MR) is 85.4 cm³/mol. The van der Waals surface area contributed by atoms with Crippen LogP contribution in [0.25, 0.3) is 0 Å². The van der Waals surface area contributed by atoms with E-state index in [9.17, 15) is 0 Å². The first kappa shape index (κ1) is 15.1. The molecule has 0 spiro atoms. The molecule has 2 rings (SSSR count). The van der Waals surface area contributed by atoms with E-state index < -0.39 is 0 Å². The minimum atomic E-state index is -0.180. The number of nitrogens with two attached hydrogens (primary N) is 1. The first-order valence-electron chi connectivity index (χ1n) is 7.09. The van der Waals surface area contributed by atoms with Crippen molar-refractivity contribution in [2.75, 3.05) is 0 Å². The number of nitrogens with zero attached hydrogens (tertiary/aromatic N) is 1. The molecule has 0 aliphatic rings. The molecule has 0 radical (unpaired) electrons. The van der Waals surface area contributed by atoms with Gasteiger partial charge in [-0.05, 0) is 17.5 Å². The molecule has 4 N–H and O–H groups in total. The summed E-state index contributed by atoms with van der Waals surface area (Å²) >= 11 is 0. The Morgan fingerprint density at radius 3 is 1.90 bits per heavy atom. The Hall–Kier alpha value is -2.33. The normalized spacial score (nSPS) is 13.3. The van der Waals surface area contributed by atoms with Gasteiger partial charge in [-0.25, -0.2) is 0 Å². The van der Waals surface area contributed by atoms with Gasteiger partial charge in [0.1, 0.15) is 0 Å². The van der Waals surface area contributed by atoms with Crippen LogP contribution in [0.3, 0.4) is 0 Å². The van der Waals surface area contributed by atoms with E-state index in [1.165, 1.54) is 0 Å². The van der Waals surface area contributed by atoms with Crippen LogP contribution in [-0.4, -0.2) is 17.1 Å². The van der Waals surface area contributed by atoms with Gasteiger partial charge in [0.25, 0.3) is 0 Å². The minimum Gasteiger partial charge on any atom is -0.409 e. The van der Waals surface area contributed by atoms with E-state index in [-0.39, 0.29) is 17.9 Å². The summed E-state index contributed by atoms with van der Waals surface area (Å²) in [6, 6.07) is 20.1. The van der Waals surface area contributed by atoms with E-state index in [4.69, 9.17) is 10.9 Å². The summed E-state index contributed by atoms with van der Waals surface area (Å²) in [7, 11) is 0. The number of hydrogen-bond acceptors (Lipinski definition) is 3. The van der Waals surface area contributed by atoms with Crippen molar-refractivity contribution in [3.8, 4) is 0 Å². The van der Waals surface area contributed by atoms with Crippen LogP contribution in [0.1, 0.15) is 30.5 Å². The molecule has 4 heteroatoms. The maximum absolute atomic E-state index is 8.91. The third-order valence-electron chi connectivity index (χ3n) is 3.51. The summed E-state index contributed by atoms with van der Waals surface area (Å²) in [5.41, 5.74) is 8.06. The highest BCUT2D eigenvalue weighted by atomic mass is 16.4. The number of amidine groups is 1. The predicted octanol–water partition coefficient (Wildman–Crippen LogP) is 2.89. The first-order chi connectivity index (χ1) is 10.3. The van der Waals surface area contributed by atoms with E-state index in [0.29, 0.717) is 0 Å². The summed E-state index contributed by atoms with van der Waals surface area (Å²) in [6.07, 6.45) is 0.742. The third-order valence-corrected chi connectivity index (χ3v) is 3.51. The molecule has 0 heterocycles. The molecule has 0 bridgehead atoms. The molecule has 0 saturated carbocycles. The van der Waals surface area contributed by atoms with Crippen LogP contribution in [0.15, 0.2) is 65.8 Å². The fraction of sp³-hybridized carbons (Fsp3) is 0.235. The number of nitrogens with one attached hydrogen (secondary N) is 1. The Balaban J connectivity index is 2.33. The fourth-order valence-electron chi connectivity index (χ4n) is 2.36. The Bertz CT molecular complexity index is 530. The van der Waals surface area contributed by atoms with Gasteiger partial charge >= 0.3 is 0 Å². The van der Waals surface area contributed by atoms with Crippen molar-refractivity contribution in [2.45, 2.75) is 25.4 Å². The Labute approximate surface area is 125 Å².